The summed E-state index contributed by atoms with van der Waals surface area (Å²) in [6.45, 7) is 5.95. The first-order valence-electron chi connectivity index (χ1n) is 7.61. The molecule has 22 heavy (non-hydrogen) atoms. The van der Waals surface area contributed by atoms with Crippen LogP contribution < -0.4 is 0 Å². The van der Waals surface area contributed by atoms with Crippen molar-refractivity contribution in [2.45, 2.75) is 27.2 Å². The largest absolute Gasteiger partial charge is 0.304 e. The van der Waals surface area contributed by atoms with Crippen molar-refractivity contribution in [1.82, 2.24) is 9.38 Å². The molecule has 0 spiro atoms. The van der Waals surface area contributed by atoms with Gasteiger partial charge in [0.05, 0.1) is 5.69 Å². The third-order valence-electron chi connectivity index (χ3n) is 3.94. The second kappa shape index (κ2) is 5.76. The van der Waals surface area contributed by atoms with Crippen LogP contribution >= 0.6 is 0 Å². The van der Waals surface area contributed by atoms with Crippen LogP contribution in [0.5, 0.6) is 0 Å². The van der Waals surface area contributed by atoms with E-state index < -0.39 is 0 Å². The number of imidazole rings is 1. The molecule has 1 aromatic carbocycles. The number of aromatic nitrogens is 2. The minimum absolute atomic E-state index is 0.0708. The number of Topliss-reactive ketones (excluding diaryl/α,β-unsaturated/α-hetero) is 1. The summed E-state index contributed by atoms with van der Waals surface area (Å²) in [5.41, 5.74) is 5.14. The summed E-state index contributed by atoms with van der Waals surface area (Å²) >= 11 is 0. The number of pyridine rings is 1. The number of hydrogen-bond donors (Lipinski definition) is 0. The van der Waals surface area contributed by atoms with Gasteiger partial charge in [0.2, 0.25) is 0 Å². The summed E-state index contributed by atoms with van der Waals surface area (Å²) < 4.78 is 2.08. The molecular formula is C19H20N2O. The van der Waals surface area contributed by atoms with Gasteiger partial charge in [0.25, 0.3) is 0 Å². The van der Waals surface area contributed by atoms with Crippen LogP contribution in [-0.2, 0) is 11.2 Å². The topological polar surface area (TPSA) is 34.4 Å². The van der Waals surface area contributed by atoms with Crippen molar-refractivity contribution in [2.24, 2.45) is 5.92 Å². The molecule has 2 heterocycles. The predicted octanol–water partition coefficient (Wildman–Crippen LogP) is 4.08. The van der Waals surface area contributed by atoms with Gasteiger partial charge in [-0.25, -0.2) is 4.98 Å². The van der Waals surface area contributed by atoms with Crippen LogP contribution in [-0.4, -0.2) is 15.2 Å². The van der Waals surface area contributed by atoms with E-state index in [4.69, 9.17) is 0 Å². The normalized spacial score (nSPS) is 11.3. The molecular weight excluding hydrogens is 272 g/mol. The van der Waals surface area contributed by atoms with Crippen LogP contribution in [0, 0.1) is 12.8 Å². The van der Waals surface area contributed by atoms with Crippen molar-refractivity contribution in [1.29, 1.82) is 0 Å². The molecule has 0 unspecified atom stereocenters. The van der Waals surface area contributed by atoms with Gasteiger partial charge >= 0.3 is 0 Å². The molecule has 0 atom stereocenters. The monoisotopic (exact) mass is 292 g/mol. The van der Waals surface area contributed by atoms with E-state index in [2.05, 4.69) is 28.4 Å². The van der Waals surface area contributed by atoms with E-state index in [0.717, 1.165) is 28.2 Å². The van der Waals surface area contributed by atoms with Crippen LogP contribution in [0.15, 0.2) is 48.7 Å². The minimum atomic E-state index is 0.0708. The molecule has 0 saturated heterocycles. The lowest BCUT2D eigenvalue weighted by atomic mass is 9.99. The zero-order chi connectivity index (χ0) is 15.7. The van der Waals surface area contributed by atoms with E-state index in [9.17, 15) is 4.79 Å². The number of aryl methyl sites for hydroxylation is 1. The van der Waals surface area contributed by atoms with Crippen LogP contribution in [0.2, 0.25) is 0 Å². The quantitative estimate of drug-likeness (QED) is 0.726. The number of benzene rings is 1. The maximum absolute atomic E-state index is 11.9. The standard InChI is InChI=1S/C19H20N2O/c1-13(2)18(22)11-15-7-5-8-16(10-15)17-12-21-14(3)6-4-9-19(21)20-17/h4-10,12-13H,11H2,1-3H3. The second-order valence-electron chi connectivity index (χ2n) is 6.02. The van der Waals surface area contributed by atoms with Crippen LogP contribution in [0.3, 0.4) is 0 Å². The molecule has 0 aliphatic rings. The maximum Gasteiger partial charge on any atom is 0.139 e. The van der Waals surface area contributed by atoms with E-state index in [0.29, 0.717) is 6.42 Å². The number of carbonyl (C=O) groups is 1. The third-order valence-corrected chi connectivity index (χ3v) is 3.94. The fourth-order valence-electron chi connectivity index (χ4n) is 2.53. The Kier molecular flexibility index (Phi) is 3.80. The van der Waals surface area contributed by atoms with E-state index in [1.54, 1.807) is 0 Å². The van der Waals surface area contributed by atoms with Gasteiger partial charge in [-0.2, -0.15) is 0 Å². The highest BCUT2D eigenvalue weighted by Crippen LogP contribution is 2.22. The average Bonchev–Trinajstić information content (AvgIpc) is 2.93. The fraction of sp³-hybridized carbons (Fsp3) is 0.263. The first-order chi connectivity index (χ1) is 10.5. The molecule has 0 amide bonds. The zero-order valence-corrected chi connectivity index (χ0v) is 13.2. The van der Waals surface area contributed by atoms with Crippen LogP contribution in [0.4, 0.5) is 0 Å². The Hall–Kier alpha value is -2.42. The summed E-state index contributed by atoms with van der Waals surface area (Å²) in [5.74, 6) is 0.337. The molecule has 2 aromatic heterocycles. The van der Waals surface area contributed by atoms with Gasteiger partial charge in [0, 0.05) is 29.8 Å². The highest BCUT2D eigenvalue weighted by Gasteiger charge is 2.10. The lowest BCUT2D eigenvalue weighted by Crippen LogP contribution is -2.10. The van der Waals surface area contributed by atoms with Gasteiger partial charge in [0.1, 0.15) is 11.4 Å². The molecule has 0 fully saturated rings. The molecule has 0 bridgehead atoms. The molecule has 0 aliphatic carbocycles. The van der Waals surface area contributed by atoms with E-state index in [-0.39, 0.29) is 11.7 Å². The van der Waals surface area contributed by atoms with Crippen molar-refractivity contribution < 1.29 is 4.79 Å². The first-order valence-corrected chi connectivity index (χ1v) is 7.61. The molecule has 112 valence electrons. The minimum Gasteiger partial charge on any atom is -0.304 e. The molecule has 0 aliphatic heterocycles. The lowest BCUT2D eigenvalue weighted by Gasteiger charge is -2.05. The van der Waals surface area contributed by atoms with Gasteiger partial charge in [-0.05, 0) is 30.7 Å². The Morgan fingerprint density at radius 2 is 1.95 bits per heavy atom. The van der Waals surface area contributed by atoms with Crippen LogP contribution in [0.25, 0.3) is 16.9 Å². The molecule has 3 heteroatoms. The van der Waals surface area contributed by atoms with Crippen LogP contribution in [0.1, 0.15) is 25.1 Å². The highest BCUT2D eigenvalue weighted by atomic mass is 16.1. The summed E-state index contributed by atoms with van der Waals surface area (Å²) in [6.07, 6.45) is 2.53. The summed E-state index contributed by atoms with van der Waals surface area (Å²) in [7, 11) is 0. The molecule has 3 rings (SSSR count). The Balaban J connectivity index is 1.97. The van der Waals surface area contributed by atoms with Crippen molar-refractivity contribution in [3.8, 4) is 11.3 Å². The number of fused-ring (bicyclic) bond motifs is 1. The maximum atomic E-state index is 11.9. The zero-order valence-electron chi connectivity index (χ0n) is 13.2. The number of carbonyl (C=O) groups excluding carboxylic acids is 1. The summed E-state index contributed by atoms with van der Waals surface area (Å²) in [6, 6.07) is 14.2. The average molecular weight is 292 g/mol. The van der Waals surface area contributed by atoms with Crippen molar-refractivity contribution in [2.75, 3.05) is 0 Å². The Labute approximate surface area is 130 Å². The fourth-order valence-corrected chi connectivity index (χ4v) is 2.53. The van der Waals surface area contributed by atoms with Gasteiger partial charge < -0.3 is 4.40 Å². The molecule has 0 N–H and O–H groups in total. The Morgan fingerprint density at radius 1 is 1.18 bits per heavy atom. The molecule has 3 aromatic rings. The Bertz CT molecular complexity index is 830. The van der Waals surface area contributed by atoms with E-state index in [1.165, 1.54) is 0 Å². The van der Waals surface area contributed by atoms with E-state index in [1.807, 2.05) is 50.4 Å². The second-order valence-corrected chi connectivity index (χ2v) is 6.02. The van der Waals surface area contributed by atoms with Gasteiger partial charge in [-0.1, -0.05) is 38.1 Å². The van der Waals surface area contributed by atoms with Crippen molar-refractivity contribution >= 4 is 11.4 Å². The van der Waals surface area contributed by atoms with Gasteiger partial charge in [0.15, 0.2) is 0 Å². The smallest absolute Gasteiger partial charge is 0.139 e. The Morgan fingerprint density at radius 3 is 2.68 bits per heavy atom. The molecule has 0 radical (unpaired) electrons. The number of rotatable bonds is 4. The third kappa shape index (κ3) is 2.80. The van der Waals surface area contributed by atoms with E-state index >= 15 is 0 Å². The predicted molar refractivity (Wildman–Crippen MR) is 88.9 cm³/mol. The molecule has 3 nitrogen and oxygen atoms in total. The number of hydrogen-bond acceptors (Lipinski definition) is 2. The highest BCUT2D eigenvalue weighted by molar-refractivity contribution is 5.83. The van der Waals surface area contributed by atoms with Gasteiger partial charge in [-0.3, -0.25) is 4.79 Å². The number of nitrogens with zero attached hydrogens (tertiary/aromatic N) is 2. The van der Waals surface area contributed by atoms with Gasteiger partial charge in [-0.15, -0.1) is 0 Å². The SMILES string of the molecule is Cc1cccc2nc(-c3cccc(CC(=O)C(C)C)c3)cn12. The number of ketones is 1. The van der Waals surface area contributed by atoms with Crippen molar-refractivity contribution in [3.05, 3.63) is 59.9 Å². The van der Waals surface area contributed by atoms with Crippen molar-refractivity contribution in [3.63, 3.8) is 0 Å². The molecule has 0 saturated carbocycles. The summed E-state index contributed by atoms with van der Waals surface area (Å²) in [5, 5.41) is 0. The lowest BCUT2D eigenvalue weighted by molar-refractivity contribution is -0.121. The first kappa shape index (κ1) is 14.5. The summed E-state index contributed by atoms with van der Waals surface area (Å²) in [4.78, 5) is 16.6.